The summed E-state index contributed by atoms with van der Waals surface area (Å²) in [5.41, 5.74) is 2.35. The van der Waals surface area contributed by atoms with Gasteiger partial charge in [0.15, 0.2) is 0 Å². The van der Waals surface area contributed by atoms with Gasteiger partial charge in [-0.15, -0.1) is 11.3 Å². The molecule has 2 N–H and O–H groups in total. The van der Waals surface area contributed by atoms with Gasteiger partial charge in [-0.25, -0.2) is 0 Å². The third-order valence-corrected chi connectivity index (χ3v) is 5.94. The maximum absolute atomic E-state index is 12.9. The van der Waals surface area contributed by atoms with Gasteiger partial charge in [0, 0.05) is 16.1 Å². The molecule has 0 bridgehead atoms. The van der Waals surface area contributed by atoms with Crippen LogP contribution in [-0.4, -0.2) is 30.2 Å². The van der Waals surface area contributed by atoms with E-state index < -0.39 is 5.54 Å². The molecule has 4 nitrogen and oxygen atoms in total. The fourth-order valence-electron chi connectivity index (χ4n) is 3.23. The van der Waals surface area contributed by atoms with E-state index in [1.807, 2.05) is 23.6 Å². The number of carbonyl (C=O) groups is 1. The molecule has 4 rings (SSSR count). The Hall–Kier alpha value is -1.40. The van der Waals surface area contributed by atoms with E-state index in [9.17, 15) is 4.79 Å². The number of thiophene rings is 1. The van der Waals surface area contributed by atoms with Crippen molar-refractivity contribution in [3.63, 3.8) is 0 Å². The molecule has 3 heterocycles. The van der Waals surface area contributed by atoms with E-state index >= 15 is 0 Å². The van der Waals surface area contributed by atoms with Crippen LogP contribution in [0.2, 0.25) is 9.36 Å². The molecule has 0 radical (unpaired) electrons. The summed E-state index contributed by atoms with van der Waals surface area (Å²) in [7, 11) is 0. The standard InChI is InChI=1S/C17H15Cl2N3OS/c18-10-1-2-13-12(9-10)14(11-3-8-24-15(11)19)22-17(16(23)21-13)4-6-20-7-5-17/h1-3,8-9,20H,4-7H2,(H,21,23). The Morgan fingerprint density at radius 3 is 2.62 bits per heavy atom. The largest absolute Gasteiger partial charge is 0.323 e. The van der Waals surface area contributed by atoms with Crippen LogP contribution in [0.5, 0.6) is 0 Å². The normalized spacial score (nSPS) is 19.4. The number of piperidine rings is 1. The number of hydrogen-bond donors (Lipinski definition) is 2. The maximum atomic E-state index is 12.9. The first kappa shape index (κ1) is 16.1. The van der Waals surface area contributed by atoms with Crippen LogP contribution in [0.25, 0.3) is 0 Å². The molecule has 7 heteroatoms. The highest BCUT2D eigenvalue weighted by atomic mass is 35.5. The van der Waals surface area contributed by atoms with Crippen LogP contribution in [0, 0.1) is 0 Å². The summed E-state index contributed by atoms with van der Waals surface area (Å²) in [6.45, 7) is 1.53. The predicted molar refractivity (Wildman–Crippen MR) is 99.9 cm³/mol. The summed E-state index contributed by atoms with van der Waals surface area (Å²) >= 11 is 14.0. The molecular weight excluding hydrogens is 365 g/mol. The SMILES string of the molecule is O=C1Nc2ccc(Cl)cc2C(c2ccsc2Cl)=NC12CCNCC2. The Morgan fingerprint density at radius 1 is 1.12 bits per heavy atom. The van der Waals surface area contributed by atoms with E-state index in [0.717, 1.165) is 35.6 Å². The Kier molecular flexibility index (Phi) is 4.12. The molecule has 1 amide bonds. The number of aliphatic imine (C=N–C) groups is 1. The van der Waals surface area contributed by atoms with Gasteiger partial charge in [-0.3, -0.25) is 9.79 Å². The molecule has 124 valence electrons. The van der Waals surface area contributed by atoms with Crippen LogP contribution >= 0.6 is 34.5 Å². The topological polar surface area (TPSA) is 53.5 Å². The van der Waals surface area contributed by atoms with Crippen molar-refractivity contribution in [1.82, 2.24) is 5.32 Å². The molecule has 0 atom stereocenters. The molecule has 1 aromatic heterocycles. The lowest BCUT2D eigenvalue weighted by atomic mass is 9.87. The van der Waals surface area contributed by atoms with Crippen molar-refractivity contribution >= 4 is 51.8 Å². The Balaban J connectivity index is 1.96. The second-order valence-electron chi connectivity index (χ2n) is 5.99. The molecule has 1 fully saturated rings. The lowest BCUT2D eigenvalue weighted by Gasteiger charge is -2.32. The maximum Gasteiger partial charge on any atom is 0.252 e. The summed E-state index contributed by atoms with van der Waals surface area (Å²) in [5, 5.41) is 8.87. The molecule has 2 aromatic rings. The highest BCUT2D eigenvalue weighted by molar-refractivity contribution is 7.14. The third kappa shape index (κ3) is 2.65. The van der Waals surface area contributed by atoms with Crippen molar-refractivity contribution in [1.29, 1.82) is 0 Å². The minimum absolute atomic E-state index is 0.0612. The van der Waals surface area contributed by atoms with Crippen molar-refractivity contribution in [3.05, 3.63) is 50.1 Å². The molecule has 0 unspecified atom stereocenters. The lowest BCUT2D eigenvalue weighted by Crippen LogP contribution is -2.49. The Bertz CT molecular complexity index is 840. The van der Waals surface area contributed by atoms with Gasteiger partial charge >= 0.3 is 0 Å². The van der Waals surface area contributed by atoms with Gasteiger partial charge in [-0.05, 0) is 55.6 Å². The molecule has 2 aliphatic heterocycles. The molecule has 24 heavy (non-hydrogen) atoms. The van der Waals surface area contributed by atoms with Gasteiger partial charge in [0.25, 0.3) is 5.91 Å². The number of nitrogens with zero attached hydrogens (tertiary/aromatic N) is 1. The molecule has 2 aliphatic rings. The average molecular weight is 380 g/mol. The monoisotopic (exact) mass is 379 g/mol. The van der Waals surface area contributed by atoms with Gasteiger partial charge in [0.1, 0.15) is 9.88 Å². The first-order valence-electron chi connectivity index (χ1n) is 7.74. The minimum Gasteiger partial charge on any atom is -0.323 e. The smallest absolute Gasteiger partial charge is 0.252 e. The minimum atomic E-state index is -0.767. The number of benzene rings is 1. The van der Waals surface area contributed by atoms with E-state index in [1.165, 1.54) is 11.3 Å². The van der Waals surface area contributed by atoms with Crippen molar-refractivity contribution in [2.45, 2.75) is 18.4 Å². The lowest BCUT2D eigenvalue weighted by molar-refractivity contribution is -0.121. The average Bonchev–Trinajstić information content (AvgIpc) is 2.97. The predicted octanol–water partition coefficient (Wildman–Crippen LogP) is 3.97. The quantitative estimate of drug-likeness (QED) is 0.787. The summed E-state index contributed by atoms with van der Waals surface area (Å²) in [5.74, 6) is -0.0612. The highest BCUT2D eigenvalue weighted by Gasteiger charge is 2.42. The van der Waals surface area contributed by atoms with Crippen LogP contribution in [0.15, 0.2) is 34.6 Å². The number of fused-ring (bicyclic) bond motifs is 1. The third-order valence-electron chi connectivity index (χ3n) is 4.54. The van der Waals surface area contributed by atoms with Crippen molar-refractivity contribution < 1.29 is 4.79 Å². The summed E-state index contributed by atoms with van der Waals surface area (Å²) in [4.78, 5) is 17.9. The molecule has 0 aliphatic carbocycles. The summed E-state index contributed by atoms with van der Waals surface area (Å²) in [6, 6.07) is 7.38. The fraction of sp³-hybridized carbons (Fsp3) is 0.294. The van der Waals surface area contributed by atoms with Crippen LogP contribution in [-0.2, 0) is 4.79 Å². The number of amides is 1. The van der Waals surface area contributed by atoms with E-state index in [4.69, 9.17) is 28.2 Å². The van der Waals surface area contributed by atoms with E-state index in [2.05, 4.69) is 10.6 Å². The zero-order valence-corrected chi connectivity index (χ0v) is 15.1. The molecule has 1 spiro atoms. The summed E-state index contributed by atoms with van der Waals surface area (Å²) in [6.07, 6.45) is 1.32. The number of hydrogen-bond acceptors (Lipinski definition) is 4. The first-order chi connectivity index (χ1) is 11.6. The van der Waals surface area contributed by atoms with Gasteiger partial charge in [-0.1, -0.05) is 23.2 Å². The Labute approximate surface area is 153 Å². The van der Waals surface area contributed by atoms with Crippen molar-refractivity contribution in [2.75, 3.05) is 18.4 Å². The molecular formula is C17H15Cl2N3OS. The van der Waals surface area contributed by atoms with Crippen LogP contribution in [0.1, 0.15) is 24.0 Å². The van der Waals surface area contributed by atoms with Gasteiger partial charge in [0.05, 0.1) is 11.4 Å². The number of nitrogens with one attached hydrogen (secondary N) is 2. The molecule has 1 saturated heterocycles. The Morgan fingerprint density at radius 2 is 1.92 bits per heavy atom. The highest BCUT2D eigenvalue weighted by Crippen LogP contribution is 2.36. The van der Waals surface area contributed by atoms with Crippen molar-refractivity contribution in [3.8, 4) is 0 Å². The number of anilines is 1. The number of carbonyl (C=O) groups excluding carboxylic acids is 1. The number of halogens is 2. The van der Waals surface area contributed by atoms with Crippen LogP contribution in [0.3, 0.4) is 0 Å². The van der Waals surface area contributed by atoms with E-state index in [0.29, 0.717) is 22.2 Å². The molecule has 1 aromatic carbocycles. The van der Waals surface area contributed by atoms with Crippen LogP contribution in [0.4, 0.5) is 5.69 Å². The van der Waals surface area contributed by atoms with Gasteiger partial charge in [0.2, 0.25) is 0 Å². The summed E-state index contributed by atoms with van der Waals surface area (Å²) < 4.78 is 0.665. The van der Waals surface area contributed by atoms with E-state index in [1.54, 1.807) is 6.07 Å². The first-order valence-corrected chi connectivity index (χ1v) is 9.38. The van der Waals surface area contributed by atoms with Gasteiger partial charge < -0.3 is 10.6 Å². The number of rotatable bonds is 1. The fourth-order valence-corrected chi connectivity index (χ4v) is 4.33. The van der Waals surface area contributed by atoms with Crippen molar-refractivity contribution in [2.24, 2.45) is 4.99 Å². The second kappa shape index (κ2) is 6.15. The van der Waals surface area contributed by atoms with E-state index in [-0.39, 0.29) is 5.91 Å². The van der Waals surface area contributed by atoms with Crippen LogP contribution < -0.4 is 10.6 Å². The van der Waals surface area contributed by atoms with Gasteiger partial charge in [-0.2, -0.15) is 0 Å². The molecule has 0 saturated carbocycles. The second-order valence-corrected chi connectivity index (χ2v) is 7.95. The zero-order valence-electron chi connectivity index (χ0n) is 12.7. The zero-order chi connectivity index (χ0) is 16.7.